The Labute approximate surface area is 124 Å². The zero-order chi connectivity index (χ0) is 13.9. The van der Waals surface area contributed by atoms with Crippen LogP contribution in [0.2, 0.25) is 5.02 Å². The molecule has 0 bridgehead atoms. The Morgan fingerprint density at radius 1 is 1.37 bits per heavy atom. The molecule has 1 fully saturated rings. The molecule has 19 heavy (non-hydrogen) atoms. The van der Waals surface area contributed by atoms with Crippen molar-refractivity contribution in [2.75, 3.05) is 19.0 Å². The molecule has 0 saturated carbocycles. The van der Waals surface area contributed by atoms with Gasteiger partial charge in [0.2, 0.25) is 10.0 Å². The first-order valence-corrected chi connectivity index (χ1v) is 8.71. The van der Waals surface area contributed by atoms with E-state index in [9.17, 15) is 8.42 Å². The average molecular weight is 322 g/mol. The zero-order valence-electron chi connectivity index (χ0n) is 10.6. The molecule has 1 aliphatic rings. The predicted octanol–water partition coefficient (Wildman–Crippen LogP) is 3.37. The van der Waals surface area contributed by atoms with Gasteiger partial charge in [-0.1, -0.05) is 17.7 Å². The molecule has 0 spiro atoms. The van der Waals surface area contributed by atoms with Crippen molar-refractivity contribution in [2.45, 2.75) is 24.2 Å². The van der Waals surface area contributed by atoms with E-state index >= 15 is 0 Å². The molecule has 1 aromatic rings. The molecule has 1 unspecified atom stereocenters. The first kappa shape index (κ1) is 15.1. The highest BCUT2D eigenvalue weighted by Gasteiger charge is 2.29. The third kappa shape index (κ3) is 3.63. The van der Waals surface area contributed by atoms with Crippen molar-refractivity contribution >= 4 is 33.2 Å². The highest BCUT2D eigenvalue weighted by Crippen LogP contribution is 2.26. The smallest absolute Gasteiger partial charge is 0.207 e. The normalized spacial score (nSPS) is 21.5. The van der Waals surface area contributed by atoms with Crippen LogP contribution in [-0.4, -0.2) is 31.7 Å². The highest BCUT2D eigenvalue weighted by molar-refractivity contribution is 7.89. The summed E-state index contributed by atoms with van der Waals surface area (Å²) in [5, 5.41) is 0.440. The van der Waals surface area contributed by atoms with Crippen LogP contribution in [0.4, 0.5) is 0 Å². The molecule has 2 rings (SSSR count). The Morgan fingerprint density at radius 3 is 2.84 bits per heavy atom. The molecule has 1 heterocycles. The largest absolute Gasteiger partial charge is 0.243 e. The molecule has 0 amide bonds. The Bertz CT molecular complexity index is 531. The lowest BCUT2D eigenvalue weighted by atomic mass is 9.97. The van der Waals surface area contributed by atoms with Crippen molar-refractivity contribution in [3.05, 3.63) is 29.3 Å². The van der Waals surface area contributed by atoms with Crippen molar-refractivity contribution in [2.24, 2.45) is 5.92 Å². The van der Waals surface area contributed by atoms with E-state index in [4.69, 9.17) is 23.2 Å². The van der Waals surface area contributed by atoms with Gasteiger partial charge in [-0.15, -0.1) is 11.6 Å². The summed E-state index contributed by atoms with van der Waals surface area (Å²) in [6.45, 7) is 1.13. The Kier molecular flexibility index (Phi) is 5.12. The summed E-state index contributed by atoms with van der Waals surface area (Å²) in [6, 6.07) is 6.43. The molecule has 106 valence electrons. The van der Waals surface area contributed by atoms with Gasteiger partial charge in [0, 0.05) is 24.0 Å². The predicted molar refractivity (Wildman–Crippen MR) is 78.3 cm³/mol. The molecule has 1 saturated heterocycles. The number of hydrogen-bond acceptors (Lipinski definition) is 2. The average Bonchev–Trinajstić information content (AvgIpc) is 2.39. The topological polar surface area (TPSA) is 37.4 Å². The number of benzene rings is 1. The second kappa shape index (κ2) is 6.44. The van der Waals surface area contributed by atoms with E-state index in [0.717, 1.165) is 19.3 Å². The van der Waals surface area contributed by atoms with Crippen LogP contribution in [0.5, 0.6) is 0 Å². The Morgan fingerprint density at radius 2 is 2.16 bits per heavy atom. The summed E-state index contributed by atoms with van der Waals surface area (Å²) in [7, 11) is -3.43. The molecule has 0 aliphatic carbocycles. The summed E-state index contributed by atoms with van der Waals surface area (Å²) in [6.07, 6.45) is 2.80. The SMILES string of the molecule is O=S(=O)(c1cccc(Cl)c1)N1CCCC(CCCl)C1. The molecule has 3 nitrogen and oxygen atoms in total. The Hall–Kier alpha value is -0.290. The second-order valence-electron chi connectivity index (χ2n) is 4.81. The van der Waals surface area contributed by atoms with Gasteiger partial charge in [0.05, 0.1) is 4.90 Å². The van der Waals surface area contributed by atoms with Crippen LogP contribution < -0.4 is 0 Å². The van der Waals surface area contributed by atoms with Crippen molar-refractivity contribution in [1.29, 1.82) is 0 Å². The fraction of sp³-hybridized carbons (Fsp3) is 0.538. The maximum Gasteiger partial charge on any atom is 0.243 e. The number of halogens is 2. The number of nitrogens with zero attached hydrogens (tertiary/aromatic N) is 1. The number of piperidine rings is 1. The Balaban J connectivity index is 2.19. The van der Waals surface area contributed by atoms with Crippen molar-refractivity contribution < 1.29 is 8.42 Å². The molecule has 0 radical (unpaired) electrons. The van der Waals surface area contributed by atoms with E-state index in [2.05, 4.69) is 0 Å². The summed E-state index contributed by atoms with van der Waals surface area (Å²) >= 11 is 11.6. The van der Waals surface area contributed by atoms with Crippen LogP contribution in [-0.2, 0) is 10.0 Å². The van der Waals surface area contributed by atoms with Gasteiger partial charge < -0.3 is 0 Å². The first-order valence-electron chi connectivity index (χ1n) is 6.35. The van der Waals surface area contributed by atoms with E-state index in [1.54, 1.807) is 22.5 Å². The van der Waals surface area contributed by atoms with Gasteiger partial charge in [0.1, 0.15) is 0 Å². The first-order chi connectivity index (χ1) is 9.04. The minimum atomic E-state index is -3.43. The van der Waals surface area contributed by atoms with Crippen molar-refractivity contribution in [3.63, 3.8) is 0 Å². The second-order valence-corrected chi connectivity index (χ2v) is 7.56. The number of hydrogen-bond donors (Lipinski definition) is 0. The van der Waals surface area contributed by atoms with E-state index in [1.165, 1.54) is 6.07 Å². The molecular formula is C13H17Cl2NO2S. The van der Waals surface area contributed by atoms with Gasteiger partial charge in [0.15, 0.2) is 0 Å². The van der Waals surface area contributed by atoms with Gasteiger partial charge in [-0.05, 0) is 43.4 Å². The lowest BCUT2D eigenvalue weighted by molar-refractivity contribution is 0.262. The number of sulfonamides is 1. The molecule has 0 N–H and O–H groups in total. The van der Waals surface area contributed by atoms with E-state index < -0.39 is 10.0 Å². The third-order valence-corrected chi connectivity index (χ3v) is 5.75. The zero-order valence-corrected chi connectivity index (χ0v) is 12.9. The molecule has 1 atom stereocenters. The summed E-state index contributed by atoms with van der Waals surface area (Å²) < 4.78 is 26.6. The molecular weight excluding hydrogens is 305 g/mol. The lowest BCUT2D eigenvalue weighted by Gasteiger charge is -2.31. The van der Waals surface area contributed by atoms with Crippen LogP contribution in [0.25, 0.3) is 0 Å². The van der Waals surface area contributed by atoms with Crippen molar-refractivity contribution in [1.82, 2.24) is 4.31 Å². The van der Waals surface area contributed by atoms with Crippen LogP contribution in [0.3, 0.4) is 0 Å². The quantitative estimate of drug-likeness (QED) is 0.797. The molecule has 1 aromatic carbocycles. The molecule has 6 heteroatoms. The van der Waals surface area contributed by atoms with Crippen LogP contribution in [0, 0.1) is 5.92 Å². The van der Waals surface area contributed by atoms with Gasteiger partial charge in [-0.25, -0.2) is 8.42 Å². The maximum absolute atomic E-state index is 12.5. The minimum Gasteiger partial charge on any atom is -0.207 e. The fourth-order valence-electron chi connectivity index (χ4n) is 2.41. The van der Waals surface area contributed by atoms with Gasteiger partial charge in [-0.3, -0.25) is 0 Å². The molecule has 0 aromatic heterocycles. The number of alkyl halides is 1. The summed E-state index contributed by atoms with van der Waals surface area (Å²) in [4.78, 5) is 0.270. The van der Waals surface area contributed by atoms with Gasteiger partial charge >= 0.3 is 0 Å². The lowest BCUT2D eigenvalue weighted by Crippen LogP contribution is -2.40. The third-order valence-electron chi connectivity index (χ3n) is 3.43. The number of rotatable bonds is 4. The fourth-order valence-corrected chi connectivity index (χ4v) is 4.58. The van der Waals surface area contributed by atoms with Gasteiger partial charge in [0.25, 0.3) is 0 Å². The van der Waals surface area contributed by atoms with E-state index in [-0.39, 0.29) is 4.90 Å². The molecule has 1 aliphatic heterocycles. The van der Waals surface area contributed by atoms with E-state index in [0.29, 0.717) is 29.9 Å². The van der Waals surface area contributed by atoms with Crippen LogP contribution in [0.1, 0.15) is 19.3 Å². The monoisotopic (exact) mass is 321 g/mol. The van der Waals surface area contributed by atoms with E-state index in [1.807, 2.05) is 0 Å². The van der Waals surface area contributed by atoms with Crippen LogP contribution in [0.15, 0.2) is 29.2 Å². The van der Waals surface area contributed by atoms with Crippen LogP contribution >= 0.6 is 23.2 Å². The van der Waals surface area contributed by atoms with Crippen molar-refractivity contribution in [3.8, 4) is 0 Å². The minimum absolute atomic E-state index is 0.270. The summed E-state index contributed by atoms with van der Waals surface area (Å²) in [5.41, 5.74) is 0. The standard InChI is InChI=1S/C13H17Cl2NO2S/c14-7-6-11-3-2-8-16(10-11)19(17,18)13-5-1-4-12(15)9-13/h1,4-5,9,11H,2-3,6-8,10H2. The van der Waals surface area contributed by atoms with Gasteiger partial charge in [-0.2, -0.15) is 4.31 Å². The highest BCUT2D eigenvalue weighted by atomic mass is 35.5. The maximum atomic E-state index is 12.5. The summed E-state index contributed by atoms with van der Waals surface area (Å²) in [5.74, 6) is 0.940.